The summed E-state index contributed by atoms with van der Waals surface area (Å²) in [6, 6.07) is 1.78. The fraction of sp³-hybridized carbons (Fsp3) is 0.500. The van der Waals surface area contributed by atoms with Crippen molar-refractivity contribution in [3.8, 4) is 0 Å². The van der Waals surface area contributed by atoms with Gasteiger partial charge in [0.05, 0.1) is 42.4 Å². The molecule has 1 fully saturated rings. The Kier molecular flexibility index (Phi) is 3.28. The lowest BCUT2D eigenvalue weighted by Gasteiger charge is -2.33. The molecule has 0 bridgehead atoms. The predicted octanol–water partition coefficient (Wildman–Crippen LogP) is 0.833. The first kappa shape index (κ1) is 11.9. The molecule has 17 heavy (non-hydrogen) atoms. The van der Waals surface area contributed by atoms with Crippen LogP contribution in [0.5, 0.6) is 0 Å². The summed E-state index contributed by atoms with van der Waals surface area (Å²) in [7, 11) is 0. The van der Waals surface area contributed by atoms with E-state index in [0.717, 1.165) is 0 Å². The number of hydrogen-bond acceptors (Lipinski definition) is 4. The fourth-order valence-corrected chi connectivity index (χ4v) is 1.95. The third kappa shape index (κ3) is 2.39. The molecule has 0 aromatic carbocycles. The Morgan fingerprint density at radius 2 is 2.41 bits per heavy atom. The molecule has 2 rings (SSSR count). The van der Waals surface area contributed by atoms with E-state index in [1.807, 2.05) is 18.7 Å². The van der Waals surface area contributed by atoms with Crippen LogP contribution in [0.2, 0.25) is 0 Å². The summed E-state index contributed by atoms with van der Waals surface area (Å²) in [5.41, 5.74) is 7.48. The lowest BCUT2D eigenvalue weighted by molar-refractivity contribution is 0.00353. The number of aromatic nitrogens is 1. The molecule has 1 saturated heterocycles. The Morgan fingerprint density at radius 3 is 3.12 bits per heavy atom. The molecule has 0 radical (unpaired) electrons. The molecule has 1 amide bonds. The summed E-state index contributed by atoms with van der Waals surface area (Å²) < 4.78 is 5.32. The zero-order chi connectivity index (χ0) is 12.4. The number of nitrogens with zero attached hydrogens (tertiary/aromatic N) is 2. The highest BCUT2D eigenvalue weighted by Gasteiger charge is 2.26. The highest BCUT2D eigenvalue weighted by atomic mass is 16.5. The monoisotopic (exact) mass is 235 g/mol. The minimum absolute atomic E-state index is 0.0156. The average Bonchev–Trinajstić information content (AvgIpc) is 2.32. The van der Waals surface area contributed by atoms with E-state index in [1.165, 1.54) is 0 Å². The van der Waals surface area contributed by atoms with E-state index in [0.29, 0.717) is 36.7 Å². The van der Waals surface area contributed by atoms with Gasteiger partial charge in [-0.2, -0.15) is 0 Å². The third-order valence-electron chi connectivity index (χ3n) is 2.97. The van der Waals surface area contributed by atoms with Crippen LogP contribution in [0, 0.1) is 6.92 Å². The van der Waals surface area contributed by atoms with Crippen LogP contribution in [0.3, 0.4) is 0 Å². The first-order valence-electron chi connectivity index (χ1n) is 5.70. The van der Waals surface area contributed by atoms with Gasteiger partial charge in [-0.1, -0.05) is 0 Å². The number of morpholine rings is 1. The molecule has 1 aliphatic rings. The van der Waals surface area contributed by atoms with Crippen LogP contribution in [0.1, 0.15) is 23.0 Å². The summed E-state index contributed by atoms with van der Waals surface area (Å²) in [6.45, 7) is 5.59. The molecule has 1 atom stereocenters. The molecule has 5 nitrogen and oxygen atoms in total. The summed E-state index contributed by atoms with van der Waals surface area (Å²) in [4.78, 5) is 18.3. The fourth-order valence-electron chi connectivity index (χ4n) is 1.95. The number of carbonyl (C=O) groups is 1. The normalized spacial score (nSPS) is 20.4. The van der Waals surface area contributed by atoms with Gasteiger partial charge < -0.3 is 15.4 Å². The average molecular weight is 235 g/mol. The molecule has 1 aliphatic heterocycles. The summed E-state index contributed by atoms with van der Waals surface area (Å²) >= 11 is 0. The van der Waals surface area contributed by atoms with E-state index >= 15 is 0 Å². The van der Waals surface area contributed by atoms with Crippen molar-refractivity contribution in [2.24, 2.45) is 0 Å². The molecule has 1 aromatic rings. The maximum Gasteiger partial charge on any atom is 0.256 e. The minimum Gasteiger partial charge on any atom is -0.397 e. The number of amides is 1. The van der Waals surface area contributed by atoms with Gasteiger partial charge in [0.1, 0.15) is 0 Å². The highest BCUT2D eigenvalue weighted by Crippen LogP contribution is 2.16. The Bertz CT molecular complexity index is 434. The minimum atomic E-state index is -0.0156. The number of pyridine rings is 1. The van der Waals surface area contributed by atoms with Crippen molar-refractivity contribution in [2.75, 3.05) is 25.5 Å². The Labute approximate surface area is 101 Å². The van der Waals surface area contributed by atoms with E-state index < -0.39 is 0 Å². The Hall–Kier alpha value is -1.62. The van der Waals surface area contributed by atoms with Crippen LogP contribution >= 0.6 is 0 Å². The van der Waals surface area contributed by atoms with Gasteiger partial charge in [-0.15, -0.1) is 0 Å². The number of hydrogen-bond donors (Lipinski definition) is 1. The number of nitrogen functional groups attached to an aromatic ring is 1. The van der Waals surface area contributed by atoms with Crippen molar-refractivity contribution in [2.45, 2.75) is 19.9 Å². The van der Waals surface area contributed by atoms with Crippen LogP contribution < -0.4 is 5.73 Å². The smallest absolute Gasteiger partial charge is 0.256 e. The SMILES string of the molecule is Cc1ncc(N)cc1C(=O)N1CCOCC1C. The second-order valence-electron chi connectivity index (χ2n) is 4.32. The number of rotatable bonds is 1. The van der Waals surface area contributed by atoms with Crippen LogP contribution in [0.15, 0.2) is 12.3 Å². The van der Waals surface area contributed by atoms with Gasteiger partial charge in [-0.25, -0.2) is 0 Å². The summed E-state index contributed by atoms with van der Waals surface area (Å²) in [5, 5.41) is 0. The zero-order valence-electron chi connectivity index (χ0n) is 10.1. The molecule has 0 spiro atoms. The molecule has 2 N–H and O–H groups in total. The van der Waals surface area contributed by atoms with E-state index in [1.54, 1.807) is 12.3 Å². The highest BCUT2D eigenvalue weighted by molar-refractivity contribution is 5.96. The molecule has 92 valence electrons. The van der Waals surface area contributed by atoms with Crippen molar-refractivity contribution in [1.82, 2.24) is 9.88 Å². The molecule has 5 heteroatoms. The molecule has 1 unspecified atom stereocenters. The van der Waals surface area contributed by atoms with Crippen LogP contribution in [0.25, 0.3) is 0 Å². The van der Waals surface area contributed by atoms with E-state index in [4.69, 9.17) is 10.5 Å². The standard InChI is InChI=1S/C12H17N3O2/c1-8-7-17-4-3-15(8)12(16)11-5-10(13)6-14-9(11)2/h5-6,8H,3-4,7,13H2,1-2H3. The van der Waals surface area contributed by atoms with E-state index in [9.17, 15) is 4.79 Å². The van der Waals surface area contributed by atoms with Crippen LogP contribution in [-0.2, 0) is 4.74 Å². The predicted molar refractivity (Wildman–Crippen MR) is 64.7 cm³/mol. The first-order valence-corrected chi connectivity index (χ1v) is 5.70. The van der Waals surface area contributed by atoms with Crippen molar-refractivity contribution in [3.05, 3.63) is 23.5 Å². The second-order valence-corrected chi connectivity index (χ2v) is 4.32. The van der Waals surface area contributed by atoms with Gasteiger partial charge in [-0.05, 0) is 19.9 Å². The Morgan fingerprint density at radius 1 is 1.65 bits per heavy atom. The summed E-state index contributed by atoms with van der Waals surface area (Å²) in [5.74, 6) is -0.0156. The zero-order valence-corrected chi connectivity index (χ0v) is 10.1. The topological polar surface area (TPSA) is 68.5 Å². The van der Waals surface area contributed by atoms with Crippen LogP contribution in [0.4, 0.5) is 5.69 Å². The lowest BCUT2D eigenvalue weighted by atomic mass is 10.1. The molecule has 0 saturated carbocycles. The van der Waals surface area contributed by atoms with Gasteiger partial charge in [0.15, 0.2) is 0 Å². The van der Waals surface area contributed by atoms with Crippen LogP contribution in [-0.4, -0.2) is 41.6 Å². The summed E-state index contributed by atoms with van der Waals surface area (Å²) in [6.07, 6.45) is 1.56. The van der Waals surface area contributed by atoms with Crippen molar-refractivity contribution in [1.29, 1.82) is 0 Å². The van der Waals surface area contributed by atoms with E-state index in [-0.39, 0.29) is 11.9 Å². The maximum atomic E-state index is 12.4. The van der Waals surface area contributed by atoms with Gasteiger partial charge in [0, 0.05) is 6.54 Å². The lowest BCUT2D eigenvalue weighted by Crippen LogP contribution is -2.47. The van der Waals surface area contributed by atoms with Crippen molar-refractivity contribution >= 4 is 11.6 Å². The first-order chi connectivity index (χ1) is 8.09. The van der Waals surface area contributed by atoms with Crippen molar-refractivity contribution < 1.29 is 9.53 Å². The molecule has 1 aromatic heterocycles. The van der Waals surface area contributed by atoms with Crippen molar-refractivity contribution in [3.63, 3.8) is 0 Å². The third-order valence-corrected chi connectivity index (χ3v) is 2.97. The molecular weight excluding hydrogens is 218 g/mol. The van der Waals surface area contributed by atoms with Gasteiger partial charge in [-0.3, -0.25) is 9.78 Å². The number of nitrogens with two attached hydrogens (primary N) is 1. The molecule has 0 aliphatic carbocycles. The largest absolute Gasteiger partial charge is 0.397 e. The quantitative estimate of drug-likeness (QED) is 0.783. The van der Waals surface area contributed by atoms with Gasteiger partial charge in [0.2, 0.25) is 0 Å². The van der Waals surface area contributed by atoms with Gasteiger partial charge in [0.25, 0.3) is 5.91 Å². The number of anilines is 1. The maximum absolute atomic E-state index is 12.4. The van der Waals surface area contributed by atoms with Gasteiger partial charge >= 0.3 is 0 Å². The number of carbonyl (C=O) groups excluding carboxylic acids is 1. The second kappa shape index (κ2) is 4.71. The Balaban J connectivity index is 2.26. The number of ether oxygens (including phenoxy) is 1. The number of aryl methyl sites for hydroxylation is 1. The molecular formula is C12H17N3O2. The van der Waals surface area contributed by atoms with E-state index in [2.05, 4.69) is 4.98 Å². The molecule has 2 heterocycles.